The van der Waals surface area contributed by atoms with E-state index >= 15 is 0 Å². The van der Waals surface area contributed by atoms with Crippen LogP contribution < -0.4 is 10.1 Å². The Morgan fingerprint density at radius 2 is 1.81 bits per heavy atom. The van der Waals surface area contributed by atoms with Crippen LogP contribution in [0.15, 0.2) is 41.3 Å². The van der Waals surface area contributed by atoms with Gasteiger partial charge in [-0.3, -0.25) is 4.79 Å². The van der Waals surface area contributed by atoms with Crippen LogP contribution in [0.4, 0.5) is 5.69 Å². The molecule has 146 valence electrons. The number of para-hydroxylation sites is 2. The van der Waals surface area contributed by atoms with Gasteiger partial charge in [0.1, 0.15) is 5.75 Å². The minimum atomic E-state index is -3.65. The van der Waals surface area contributed by atoms with Crippen LogP contribution in [0.2, 0.25) is 0 Å². The monoisotopic (exact) mass is 390 g/mol. The van der Waals surface area contributed by atoms with Crippen LogP contribution in [0.1, 0.15) is 34.8 Å². The maximum absolute atomic E-state index is 12.8. The van der Waals surface area contributed by atoms with Crippen molar-refractivity contribution >= 4 is 21.6 Å². The van der Waals surface area contributed by atoms with Crippen LogP contribution >= 0.6 is 0 Å². The Balaban J connectivity index is 2.40. The molecule has 0 aromatic heterocycles. The fourth-order valence-electron chi connectivity index (χ4n) is 2.52. The average molecular weight is 391 g/mol. The molecule has 2 aromatic carbocycles. The molecule has 0 fully saturated rings. The first-order valence-electron chi connectivity index (χ1n) is 8.75. The molecule has 0 saturated heterocycles. The van der Waals surface area contributed by atoms with Crippen molar-refractivity contribution < 1.29 is 17.9 Å². The van der Waals surface area contributed by atoms with E-state index in [1.807, 2.05) is 13.0 Å². The van der Waals surface area contributed by atoms with Gasteiger partial charge in [0, 0.05) is 19.7 Å². The quantitative estimate of drug-likeness (QED) is 0.784. The van der Waals surface area contributed by atoms with E-state index in [0.29, 0.717) is 23.6 Å². The standard InChI is InChI=1S/C20H26N2O4S/c1-6-11-26-18-10-8-7-9-17(18)21-20(23)16-12-14(2)15(3)19(13-16)27(24,25)22(4)5/h7-10,12-13H,6,11H2,1-5H3,(H,21,23). The second kappa shape index (κ2) is 8.54. The third kappa shape index (κ3) is 4.67. The summed E-state index contributed by atoms with van der Waals surface area (Å²) in [5.41, 5.74) is 2.19. The summed E-state index contributed by atoms with van der Waals surface area (Å²) in [7, 11) is -0.710. The predicted molar refractivity (Wildman–Crippen MR) is 107 cm³/mol. The highest BCUT2D eigenvalue weighted by Crippen LogP contribution is 2.27. The molecular formula is C20H26N2O4S. The molecule has 0 atom stereocenters. The summed E-state index contributed by atoms with van der Waals surface area (Å²) < 4.78 is 32.0. The van der Waals surface area contributed by atoms with E-state index in [9.17, 15) is 13.2 Å². The number of aryl methyl sites for hydroxylation is 1. The van der Waals surface area contributed by atoms with E-state index in [1.54, 1.807) is 38.1 Å². The summed E-state index contributed by atoms with van der Waals surface area (Å²) in [5, 5.41) is 2.82. The Labute approximate surface area is 161 Å². The zero-order valence-corrected chi connectivity index (χ0v) is 17.2. The first-order chi connectivity index (χ1) is 12.7. The van der Waals surface area contributed by atoms with Gasteiger partial charge in [0.05, 0.1) is 17.2 Å². The summed E-state index contributed by atoms with van der Waals surface area (Å²) in [6.45, 7) is 6.07. The molecule has 0 spiro atoms. The van der Waals surface area contributed by atoms with E-state index in [-0.39, 0.29) is 16.4 Å². The van der Waals surface area contributed by atoms with Crippen LogP contribution in [0.5, 0.6) is 5.75 Å². The van der Waals surface area contributed by atoms with Crippen molar-refractivity contribution in [1.82, 2.24) is 4.31 Å². The molecule has 0 heterocycles. The van der Waals surface area contributed by atoms with E-state index in [4.69, 9.17) is 4.74 Å². The molecule has 0 aliphatic heterocycles. The number of carbonyl (C=O) groups excluding carboxylic acids is 1. The molecule has 0 radical (unpaired) electrons. The summed E-state index contributed by atoms with van der Waals surface area (Å²) in [6, 6.07) is 10.3. The number of ether oxygens (including phenoxy) is 1. The largest absolute Gasteiger partial charge is 0.491 e. The topological polar surface area (TPSA) is 75.7 Å². The lowest BCUT2D eigenvalue weighted by molar-refractivity contribution is 0.102. The first-order valence-corrected chi connectivity index (χ1v) is 10.2. The SMILES string of the molecule is CCCOc1ccccc1NC(=O)c1cc(C)c(C)c(S(=O)(=O)N(C)C)c1. The molecule has 27 heavy (non-hydrogen) atoms. The summed E-state index contributed by atoms with van der Waals surface area (Å²) in [5.74, 6) is 0.193. The number of nitrogens with zero attached hydrogens (tertiary/aromatic N) is 1. The van der Waals surface area contributed by atoms with Gasteiger partial charge in [-0.15, -0.1) is 0 Å². The molecule has 2 rings (SSSR count). The number of hydrogen-bond acceptors (Lipinski definition) is 4. The minimum absolute atomic E-state index is 0.133. The highest BCUT2D eigenvalue weighted by molar-refractivity contribution is 7.89. The summed E-state index contributed by atoms with van der Waals surface area (Å²) in [4.78, 5) is 12.9. The molecule has 1 amide bonds. The zero-order valence-electron chi connectivity index (χ0n) is 16.4. The average Bonchev–Trinajstić information content (AvgIpc) is 2.62. The third-order valence-corrected chi connectivity index (χ3v) is 6.18. The van der Waals surface area contributed by atoms with Crippen molar-refractivity contribution in [3.05, 3.63) is 53.1 Å². The van der Waals surface area contributed by atoms with Crippen LogP contribution in [-0.2, 0) is 10.0 Å². The molecule has 2 aromatic rings. The van der Waals surface area contributed by atoms with Crippen molar-refractivity contribution in [2.45, 2.75) is 32.1 Å². The fourth-order valence-corrected chi connectivity index (χ4v) is 3.74. The van der Waals surface area contributed by atoms with Gasteiger partial charge >= 0.3 is 0 Å². The number of carbonyl (C=O) groups is 1. The molecule has 0 unspecified atom stereocenters. The van der Waals surface area contributed by atoms with Crippen LogP contribution in [-0.4, -0.2) is 39.3 Å². The van der Waals surface area contributed by atoms with Crippen LogP contribution in [0, 0.1) is 13.8 Å². The first kappa shape index (κ1) is 20.9. The highest BCUT2D eigenvalue weighted by Gasteiger charge is 2.23. The molecule has 1 N–H and O–H groups in total. The highest BCUT2D eigenvalue weighted by atomic mass is 32.2. The van der Waals surface area contributed by atoms with Gasteiger partial charge in [-0.05, 0) is 55.7 Å². The third-order valence-electron chi connectivity index (χ3n) is 4.24. The molecule has 7 heteroatoms. The lowest BCUT2D eigenvalue weighted by atomic mass is 10.1. The molecule has 6 nitrogen and oxygen atoms in total. The number of benzene rings is 2. The lowest BCUT2D eigenvalue weighted by Gasteiger charge is -2.17. The maximum Gasteiger partial charge on any atom is 0.255 e. The Morgan fingerprint density at radius 3 is 2.44 bits per heavy atom. The maximum atomic E-state index is 12.8. The van der Waals surface area contributed by atoms with Crippen molar-refractivity contribution in [3.8, 4) is 5.75 Å². The van der Waals surface area contributed by atoms with Crippen molar-refractivity contribution in [3.63, 3.8) is 0 Å². The fraction of sp³-hybridized carbons (Fsp3) is 0.350. The number of hydrogen-bond donors (Lipinski definition) is 1. The number of anilines is 1. The molecular weight excluding hydrogens is 364 g/mol. The van der Waals surface area contributed by atoms with Gasteiger partial charge in [-0.25, -0.2) is 12.7 Å². The summed E-state index contributed by atoms with van der Waals surface area (Å²) in [6.07, 6.45) is 0.852. The smallest absolute Gasteiger partial charge is 0.255 e. The Morgan fingerprint density at radius 1 is 1.15 bits per heavy atom. The van der Waals surface area contributed by atoms with E-state index < -0.39 is 10.0 Å². The molecule has 0 saturated carbocycles. The van der Waals surface area contributed by atoms with Gasteiger partial charge in [-0.1, -0.05) is 19.1 Å². The van der Waals surface area contributed by atoms with Crippen LogP contribution in [0.25, 0.3) is 0 Å². The normalized spacial score (nSPS) is 11.5. The minimum Gasteiger partial charge on any atom is -0.491 e. The van der Waals surface area contributed by atoms with E-state index in [1.165, 1.54) is 20.2 Å². The number of rotatable bonds is 7. The van der Waals surface area contributed by atoms with Crippen molar-refractivity contribution in [2.75, 3.05) is 26.0 Å². The van der Waals surface area contributed by atoms with Crippen LogP contribution in [0.3, 0.4) is 0 Å². The Bertz CT molecular complexity index is 937. The van der Waals surface area contributed by atoms with Gasteiger partial charge in [0.25, 0.3) is 5.91 Å². The lowest BCUT2D eigenvalue weighted by Crippen LogP contribution is -2.24. The number of sulfonamides is 1. The zero-order chi connectivity index (χ0) is 20.2. The second-order valence-electron chi connectivity index (χ2n) is 6.50. The van der Waals surface area contributed by atoms with Gasteiger partial charge in [0.15, 0.2) is 0 Å². The van der Waals surface area contributed by atoms with E-state index in [2.05, 4.69) is 5.32 Å². The number of nitrogens with one attached hydrogen (secondary N) is 1. The molecule has 0 aliphatic rings. The number of amides is 1. The van der Waals surface area contributed by atoms with E-state index in [0.717, 1.165) is 16.3 Å². The second-order valence-corrected chi connectivity index (χ2v) is 8.62. The summed E-state index contributed by atoms with van der Waals surface area (Å²) >= 11 is 0. The molecule has 0 aliphatic carbocycles. The van der Waals surface area contributed by atoms with Crippen molar-refractivity contribution in [1.29, 1.82) is 0 Å². The molecule has 0 bridgehead atoms. The van der Waals surface area contributed by atoms with Gasteiger partial charge in [-0.2, -0.15) is 0 Å². The Kier molecular flexibility index (Phi) is 6.62. The predicted octanol–water partition coefficient (Wildman–Crippen LogP) is 3.59. The van der Waals surface area contributed by atoms with Gasteiger partial charge in [0.2, 0.25) is 10.0 Å². The van der Waals surface area contributed by atoms with Crippen molar-refractivity contribution in [2.24, 2.45) is 0 Å². The Hall–Kier alpha value is -2.38. The van der Waals surface area contributed by atoms with Gasteiger partial charge < -0.3 is 10.1 Å².